The van der Waals surface area contributed by atoms with Gasteiger partial charge < -0.3 is 19.5 Å². The van der Waals surface area contributed by atoms with Crippen LogP contribution in [-0.2, 0) is 17.9 Å². The second-order valence-electron chi connectivity index (χ2n) is 7.08. The first-order valence-corrected chi connectivity index (χ1v) is 9.08. The van der Waals surface area contributed by atoms with Gasteiger partial charge in [-0.15, -0.1) is 0 Å². The monoisotopic (exact) mass is 373 g/mol. The zero-order valence-corrected chi connectivity index (χ0v) is 14.8. The van der Waals surface area contributed by atoms with Gasteiger partial charge in [0.25, 0.3) is 5.78 Å². The van der Waals surface area contributed by atoms with Crippen LogP contribution in [0.2, 0.25) is 0 Å². The lowest BCUT2D eigenvalue weighted by Gasteiger charge is -2.32. The van der Waals surface area contributed by atoms with Crippen molar-refractivity contribution in [3.8, 4) is 0 Å². The SMILES string of the molecule is O=C(O)C(=O)c1cn2c3c(cc(F)cc13)CN(C(=O)N1CCCCC1)CC2. The number of carboxylic acids is 1. The van der Waals surface area contributed by atoms with E-state index in [-0.39, 0.29) is 23.5 Å². The molecule has 142 valence electrons. The Morgan fingerprint density at radius 3 is 2.41 bits per heavy atom. The molecular weight excluding hydrogens is 353 g/mol. The molecule has 1 N–H and O–H groups in total. The molecule has 0 bridgehead atoms. The van der Waals surface area contributed by atoms with Crippen molar-refractivity contribution in [2.75, 3.05) is 19.6 Å². The van der Waals surface area contributed by atoms with E-state index < -0.39 is 17.6 Å². The summed E-state index contributed by atoms with van der Waals surface area (Å²) in [7, 11) is 0. The Balaban J connectivity index is 1.72. The van der Waals surface area contributed by atoms with Gasteiger partial charge in [0.2, 0.25) is 0 Å². The van der Waals surface area contributed by atoms with Crippen molar-refractivity contribution in [3.05, 3.63) is 35.3 Å². The number of piperidine rings is 1. The van der Waals surface area contributed by atoms with E-state index in [1.807, 2.05) is 4.90 Å². The average molecular weight is 373 g/mol. The first-order valence-electron chi connectivity index (χ1n) is 9.08. The van der Waals surface area contributed by atoms with Crippen LogP contribution in [-0.4, -0.2) is 56.9 Å². The number of carbonyl (C=O) groups is 3. The molecule has 1 aromatic heterocycles. The Morgan fingerprint density at radius 2 is 1.70 bits per heavy atom. The zero-order chi connectivity index (χ0) is 19.1. The number of carboxylic acid groups (broad SMARTS) is 1. The van der Waals surface area contributed by atoms with Crippen LogP contribution in [0.15, 0.2) is 18.3 Å². The summed E-state index contributed by atoms with van der Waals surface area (Å²) < 4.78 is 15.9. The number of nitrogens with zero attached hydrogens (tertiary/aromatic N) is 3. The fourth-order valence-electron chi connectivity index (χ4n) is 4.04. The fraction of sp³-hybridized carbons (Fsp3) is 0.421. The van der Waals surface area contributed by atoms with Gasteiger partial charge in [-0.3, -0.25) is 4.79 Å². The van der Waals surface area contributed by atoms with E-state index in [0.717, 1.165) is 32.4 Å². The van der Waals surface area contributed by atoms with Crippen LogP contribution in [0, 0.1) is 5.82 Å². The summed E-state index contributed by atoms with van der Waals surface area (Å²) in [5, 5.41) is 9.32. The number of carbonyl (C=O) groups excluding carboxylic acids is 2. The number of urea groups is 1. The van der Waals surface area contributed by atoms with Crippen LogP contribution in [0.5, 0.6) is 0 Å². The van der Waals surface area contributed by atoms with Gasteiger partial charge in [0.15, 0.2) is 0 Å². The van der Waals surface area contributed by atoms with E-state index in [1.165, 1.54) is 18.3 Å². The Bertz CT molecular complexity index is 946. The lowest BCUT2D eigenvalue weighted by molar-refractivity contribution is -0.131. The molecule has 4 rings (SSSR count). The maximum Gasteiger partial charge on any atom is 0.377 e. The predicted molar refractivity (Wildman–Crippen MR) is 95.1 cm³/mol. The standard InChI is InChI=1S/C19H20FN3O4/c20-13-8-12-10-23(19(27)21-4-2-1-3-5-21)7-6-22-11-15(17(24)18(25)26)14(9-13)16(12)22/h8-9,11H,1-7,10H2,(H,25,26). The Kier molecular flexibility index (Phi) is 4.33. The van der Waals surface area contributed by atoms with E-state index in [0.29, 0.717) is 24.2 Å². The van der Waals surface area contributed by atoms with Crippen LogP contribution in [0.1, 0.15) is 35.2 Å². The molecular formula is C19H20FN3O4. The van der Waals surface area contributed by atoms with Gasteiger partial charge in [-0.1, -0.05) is 0 Å². The zero-order valence-electron chi connectivity index (χ0n) is 14.8. The highest BCUT2D eigenvalue weighted by Crippen LogP contribution is 2.30. The predicted octanol–water partition coefficient (Wildman–Crippen LogP) is 2.47. The summed E-state index contributed by atoms with van der Waals surface area (Å²) in [5.74, 6) is -3.18. The number of rotatable bonds is 2. The number of amides is 2. The van der Waals surface area contributed by atoms with Crippen molar-refractivity contribution < 1.29 is 23.9 Å². The van der Waals surface area contributed by atoms with Crippen molar-refractivity contribution in [1.82, 2.24) is 14.4 Å². The average Bonchev–Trinajstić information content (AvgIpc) is 2.92. The van der Waals surface area contributed by atoms with Crippen LogP contribution in [0.25, 0.3) is 10.9 Å². The van der Waals surface area contributed by atoms with Crippen LogP contribution in [0.4, 0.5) is 9.18 Å². The molecule has 1 saturated heterocycles. The topological polar surface area (TPSA) is 82.8 Å². The largest absolute Gasteiger partial charge is 0.475 e. The fourth-order valence-corrected chi connectivity index (χ4v) is 4.04. The summed E-state index contributed by atoms with van der Waals surface area (Å²) in [6, 6.07) is 2.49. The molecule has 3 heterocycles. The van der Waals surface area contributed by atoms with Gasteiger partial charge in [0.1, 0.15) is 5.82 Å². The van der Waals surface area contributed by atoms with Crippen molar-refractivity contribution in [3.63, 3.8) is 0 Å². The van der Waals surface area contributed by atoms with Crippen LogP contribution >= 0.6 is 0 Å². The maximum atomic E-state index is 14.2. The summed E-state index contributed by atoms with van der Waals surface area (Å²) in [6.45, 7) is 2.53. The third kappa shape index (κ3) is 3.05. The number of halogens is 1. The van der Waals surface area contributed by atoms with Gasteiger partial charge >= 0.3 is 12.0 Å². The summed E-state index contributed by atoms with van der Waals surface area (Å²) in [4.78, 5) is 39.5. The van der Waals surface area contributed by atoms with E-state index in [1.54, 1.807) is 9.47 Å². The van der Waals surface area contributed by atoms with Gasteiger partial charge in [-0.2, -0.15) is 0 Å². The molecule has 0 spiro atoms. The molecule has 2 amide bonds. The van der Waals surface area contributed by atoms with Crippen molar-refractivity contribution in [2.45, 2.75) is 32.4 Å². The van der Waals surface area contributed by atoms with E-state index in [2.05, 4.69) is 0 Å². The Morgan fingerprint density at radius 1 is 0.963 bits per heavy atom. The number of Topliss-reactive ketones (excluding diaryl/α,β-unsaturated/α-hetero) is 1. The summed E-state index contributed by atoms with van der Waals surface area (Å²) >= 11 is 0. The molecule has 1 aromatic carbocycles. The third-order valence-electron chi connectivity index (χ3n) is 5.32. The molecule has 7 nitrogen and oxygen atoms in total. The summed E-state index contributed by atoms with van der Waals surface area (Å²) in [6.07, 6.45) is 4.56. The van der Waals surface area contributed by atoms with Crippen molar-refractivity contribution in [2.24, 2.45) is 0 Å². The third-order valence-corrected chi connectivity index (χ3v) is 5.32. The molecule has 2 aliphatic heterocycles. The van der Waals surface area contributed by atoms with E-state index in [9.17, 15) is 18.8 Å². The van der Waals surface area contributed by atoms with E-state index >= 15 is 0 Å². The molecule has 0 atom stereocenters. The molecule has 1 fully saturated rings. The molecule has 8 heteroatoms. The van der Waals surface area contributed by atoms with Crippen molar-refractivity contribution in [1.29, 1.82) is 0 Å². The smallest absolute Gasteiger partial charge is 0.377 e. The van der Waals surface area contributed by atoms with Gasteiger partial charge in [-0.05, 0) is 37.0 Å². The molecule has 2 aromatic rings. The lowest BCUT2D eigenvalue weighted by Crippen LogP contribution is -2.45. The lowest BCUT2D eigenvalue weighted by atomic mass is 10.1. The molecule has 27 heavy (non-hydrogen) atoms. The number of aliphatic carboxylic acids is 1. The first kappa shape index (κ1) is 17.5. The highest BCUT2D eigenvalue weighted by molar-refractivity contribution is 6.42. The maximum absolute atomic E-state index is 14.2. The molecule has 0 saturated carbocycles. The number of ketones is 1. The second kappa shape index (κ2) is 6.68. The first-order chi connectivity index (χ1) is 13.0. The number of aromatic nitrogens is 1. The second-order valence-corrected chi connectivity index (χ2v) is 7.08. The number of hydrogen-bond acceptors (Lipinski definition) is 3. The minimum Gasteiger partial charge on any atom is -0.475 e. The minimum atomic E-state index is -1.57. The quantitative estimate of drug-likeness (QED) is 0.648. The number of benzene rings is 1. The highest BCUT2D eigenvalue weighted by atomic mass is 19.1. The molecule has 2 aliphatic rings. The highest BCUT2D eigenvalue weighted by Gasteiger charge is 2.29. The number of hydrogen-bond donors (Lipinski definition) is 1. The van der Waals surface area contributed by atoms with Gasteiger partial charge in [-0.25, -0.2) is 14.0 Å². The Labute approximate surface area is 154 Å². The molecule has 0 radical (unpaired) electrons. The minimum absolute atomic E-state index is 0.0194. The van der Waals surface area contributed by atoms with Crippen molar-refractivity contribution >= 4 is 28.7 Å². The van der Waals surface area contributed by atoms with E-state index in [4.69, 9.17) is 5.11 Å². The normalized spacial score (nSPS) is 17.1. The molecule has 0 unspecified atom stereocenters. The van der Waals surface area contributed by atoms with Gasteiger partial charge in [0, 0.05) is 44.3 Å². The van der Waals surface area contributed by atoms with Gasteiger partial charge in [0.05, 0.1) is 11.1 Å². The number of likely N-dealkylation sites (tertiary alicyclic amines) is 1. The Hall–Kier alpha value is -2.90. The molecule has 0 aliphatic carbocycles. The van der Waals surface area contributed by atoms with Crippen LogP contribution < -0.4 is 0 Å². The van der Waals surface area contributed by atoms with Crippen LogP contribution in [0.3, 0.4) is 0 Å². The summed E-state index contributed by atoms with van der Waals surface area (Å²) in [5.41, 5.74) is 1.18.